The second-order valence-corrected chi connectivity index (χ2v) is 4.14. The molecule has 0 N–H and O–H groups in total. The van der Waals surface area contributed by atoms with Crippen LogP contribution in [0.5, 0.6) is 0 Å². The largest absolute Gasteiger partial charge is 0.249 e. The van der Waals surface area contributed by atoms with Gasteiger partial charge in [-0.15, -0.1) is 22.7 Å². The zero-order valence-corrected chi connectivity index (χ0v) is 7.21. The van der Waals surface area contributed by atoms with Gasteiger partial charge in [0.1, 0.15) is 0 Å². The SMILES string of the molecule is c1nc2c(s1)-c1scnc1C2. The molecule has 1 aliphatic rings. The second kappa shape index (κ2) is 1.89. The molecule has 2 aromatic rings. The van der Waals surface area contributed by atoms with Crippen LogP contribution >= 0.6 is 22.7 Å². The van der Waals surface area contributed by atoms with E-state index in [1.165, 1.54) is 21.1 Å². The molecular weight excluding hydrogens is 176 g/mol. The molecule has 0 fully saturated rings. The Morgan fingerprint density at radius 1 is 1.00 bits per heavy atom. The van der Waals surface area contributed by atoms with Crippen LogP contribution in [0.2, 0.25) is 0 Å². The average Bonchev–Trinajstić information content (AvgIpc) is 2.52. The maximum Gasteiger partial charge on any atom is 0.0801 e. The molecule has 54 valence electrons. The molecule has 2 nitrogen and oxygen atoms in total. The normalized spacial score (nSPS) is 13.1. The van der Waals surface area contributed by atoms with E-state index in [9.17, 15) is 0 Å². The summed E-state index contributed by atoms with van der Waals surface area (Å²) in [6, 6.07) is 0. The van der Waals surface area contributed by atoms with Gasteiger partial charge in [0.15, 0.2) is 0 Å². The Labute approximate surface area is 71.6 Å². The number of nitrogens with zero attached hydrogens (tertiary/aromatic N) is 2. The van der Waals surface area contributed by atoms with Crippen LogP contribution in [0, 0.1) is 0 Å². The zero-order chi connectivity index (χ0) is 7.26. The molecule has 0 aliphatic heterocycles. The van der Waals surface area contributed by atoms with Gasteiger partial charge in [0, 0.05) is 6.42 Å². The van der Waals surface area contributed by atoms with Gasteiger partial charge in [0.2, 0.25) is 0 Å². The summed E-state index contributed by atoms with van der Waals surface area (Å²) in [4.78, 5) is 11.2. The lowest BCUT2D eigenvalue weighted by atomic mass is 10.4. The molecule has 11 heavy (non-hydrogen) atoms. The van der Waals surface area contributed by atoms with E-state index in [4.69, 9.17) is 0 Å². The average molecular weight is 180 g/mol. The fraction of sp³-hybridized carbons (Fsp3) is 0.143. The van der Waals surface area contributed by atoms with Gasteiger partial charge in [-0.2, -0.15) is 0 Å². The van der Waals surface area contributed by atoms with Gasteiger partial charge in [-0.1, -0.05) is 0 Å². The molecule has 0 spiro atoms. The van der Waals surface area contributed by atoms with E-state index in [2.05, 4.69) is 9.97 Å². The first-order valence-corrected chi connectivity index (χ1v) is 5.06. The van der Waals surface area contributed by atoms with Crippen LogP contribution < -0.4 is 0 Å². The predicted molar refractivity (Wildman–Crippen MR) is 46.0 cm³/mol. The summed E-state index contributed by atoms with van der Waals surface area (Å²) in [6.07, 6.45) is 0.942. The van der Waals surface area contributed by atoms with Crippen molar-refractivity contribution < 1.29 is 0 Å². The third-order valence-electron chi connectivity index (χ3n) is 1.82. The third-order valence-corrected chi connectivity index (χ3v) is 3.73. The molecule has 0 aromatic carbocycles. The molecule has 0 radical (unpaired) electrons. The molecule has 2 heterocycles. The number of fused-ring (bicyclic) bond motifs is 3. The van der Waals surface area contributed by atoms with Gasteiger partial charge in [-0.25, -0.2) is 9.97 Å². The number of aromatic nitrogens is 2. The Hall–Kier alpha value is -0.740. The minimum Gasteiger partial charge on any atom is -0.249 e. The zero-order valence-electron chi connectivity index (χ0n) is 5.57. The molecule has 4 heteroatoms. The summed E-state index contributed by atoms with van der Waals surface area (Å²) in [7, 11) is 0. The lowest BCUT2D eigenvalue weighted by Crippen LogP contribution is -1.80. The molecule has 0 amide bonds. The van der Waals surface area contributed by atoms with Crippen molar-refractivity contribution in [2.75, 3.05) is 0 Å². The van der Waals surface area contributed by atoms with E-state index in [0.717, 1.165) is 6.42 Å². The first-order valence-electron chi connectivity index (χ1n) is 3.30. The molecule has 0 bridgehead atoms. The minimum absolute atomic E-state index is 0.942. The lowest BCUT2D eigenvalue weighted by molar-refractivity contribution is 1.09. The van der Waals surface area contributed by atoms with Gasteiger partial charge >= 0.3 is 0 Å². The lowest BCUT2D eigenvalue weighted by Gasteiger charge is -1.81. The monoisotopic (exact) mass is 180 g/mol. The first-order chi connectivity index (χ1) is 5.45. The summed E-state index contributed by atoms with van der Waals surface area (Å²) >= 11 is 3.44. The van der Waals surface area contributed by atoms with Gasteiger partial charge < -0.3 is 0 Å². The Kier molecular flexibility index (Phi) is 1.01. The van der Waals surface area contributed by atoms with Crippen molar-refractivity contribution in [2.45, 2.75) is 6.42 Å². The van der Waals surface area contributed by atoms with Gasteiger partial charge in [0.25, 0.3) is 0 Å². The van der Waals surface area contributed by atoms with Crippen molar-refractivity contribution in [3.05, 3.63) is 22.4 Å². The fourth-order valence-electron chi connectivity index (χ4n) is 1.32. The Balaban J connectivity index is 2.38. The highest BCUT2D eigenvalue weighted by Crippen LogP contribution is 2.40. The first kappa shape index (κ1) is 5.85. The van der Waals surface area contributed by atoms with Crippen molar-refractivity contribution in [2.24, 2.45) is 0 Å². The molecular formula is C7H4N2S2. The summed E-state index contributed by atoms with van der Waals surface area (Å²) in [5.74, 6) is 0. The van der Waals surface area contributed by atoms with E-state index < -0.39 is 0 Å². The second-order valence-electron chi connectivity index (χ2n) is 2.43. The summed E-state index contributed by atoms with van der Waals surface area (Å²) in [5.41, 5.74) is 6.24. The van der Waals surface area contributed by atoms with Crippen LogP contribution in [0.3, 0.4) is 0 Å². The Bertz CT molecular complexity index is 364. The molecule has 0 saturated heterocycles. The van der Waals surface area contributed by atoms with Crippen LogP contribution in [0.25, 0.3) is 9.75 Å². The van der Waals surface area contributed by atoms with Crippen LogP contribution in [0.1, 0.15) is 11.4 Å². The summed E-state index contributed by atoms with van der Waals surface area (Å²) in [5, 5.41) is 0. The van der Waals surface area contributed by atoms with Crippen LogP contribution in [0.15, 0.2) is 11.0 Å². The third kappa shape index (κ3) is 0.657. The van der Waals surface area contributed by atoms with Crippen molar-refractivity contribution in [1.82, 2.24) is 9.97 Å². The fourth-order valence-corrected chi connectivity index (χ4v) is 3.15. The number of hydrogen-bond donors (Lipinski definition) is 0. The van der Waals surface area contributed by atoms with Crippen molar-refractivity contribution >= 4 is 22.7 Å². The molecule has 2 aromatic heterocycles. The van der Waals surface area contributed by atoms with Crippen LogP contribution in [-0.2, 0) is 6.42 Å². The van der Waals surface area contributed by atoms with Gasteiger partial charge in [0.05, 0.1) is 32.2 Å². The maximum absolute atomic E-state index is 4.27. The van der Waals surface area contributed by atoms with E-state index >= 15 is 0 Å². The minimum atomic E-state index is 0.942. The molecule has 3 rings (SSSR count). The smallest absolute Gasteiger partial charge is 0.0801 e. The van der Waals surface area contributed by atoms with Gasteiger partial charge in [-0.3, -0.25) is 0 Å². The highest BCUT2D eigenvalue weighted by molar-refractivity contribution is 7.20. The Morgan fingerprint density at radius 3 is 2.09 bits per heavy atom. The maximum atomic E-state index is 4.27. The highest BCUT2D eigenvalue weighted by Gasteiger charge is 2.22. The number of thiazole rings is 2. The topological polar surface area (TPSA) is 25.8 Å². The summed E-state index contributed by atoms with van der Waals surface area (Å²) in [6.45, 7) is 0. The van der Waals surface area contributed by atoms with Crippen molar-refractivity contribution in [1.29, 1.82) is 0 Å². The summed E-state index contributed by atoms with van der Waals surface area (Å²) < 4.78 is 0. The van der Waals surface area contributed by atoms with E-state index in [1.807, 2.05) is 11.0 Å². The number of rotatable bonds is 0. The van der Waals surface area contributed by atoms with Crippen LogP contribution in [-0.4, -0.2) is 9.97 Å². The molecule has 1 aliphatic carbocycles. The van der Waals surface area contributed by atoms with Gasteiger partial charge in [-0.05, 0) is 0 Å². The van der Waals surface area contributed by atoms with Crippen molar-refractivity contribution in [3.8, 4) is 9.75 Å². The van der Waals surface area contributed by atoms with Crippen molar-refractivity contribution in [3.63, 3.8) is 0 Å². The molecule has 0 atom stereocenters. The van der Waals surface area contributed by atoms with E-state index in [1.54, 1.807) is 22.7 Å². The van der Waals surface area contributed by atoms with Crippen LogP contribution in [0.4, 0.5) is 0 Å². The number of hydrogen-bond acceptors (Lipinski definition) is 4. The predicted octanol–water partition coefficient (Wildman–Crippen LogP) is 2.17. The van der Waals surface area contributed by atoms with E-state index in [0.29, 0.717) is 0 Å². The standard InChI is InChI=1S/C7H4N2S2/c1-4-6(10-2-8-4)7-5(1)9-3-11-7/h2-3H,1H2. The Morgan fingerprint density at radius 2 is 1.55 bits per heavy atom. The molecule has 0 unspecified atom stereocenters. The highest BCUT2D eigenvalue weighted by atomic mass is 32.1. The quantitative estimate of drug-likeness (QED) is 0.530. The molecule has 0 saturated carbocycles. The van der Waals surface area contributed by atoms with E-state index in [-0.39, 0.29) is 0 Å².